The number of hydrogen-bond acceptors (Lipinski definition) is 7. The molecule has 2 aromatic rings. The summed E-state index contributed by atoms with van der Waals surface area (Å²) in [7, 11) is 0. The van der Waals surface area contributed by atoms with Crippen molar-refractivity contribution < 1.29 is 5.11 Å². The van der Waals surface area contributed by atoms with Crippen LogP contribution in [0.5, 0.6) is 0 Å². The van der Waals surface area contributed by atoms with Gasteiger partial charge in [0.05, 0.1) is 5.39 Å². The monoisotopic (exact) mass is 309 g/mol. The summed E-state index contributed by atoms with van der Waals surface area (Å²) in [6, 6.07) is 2.17. The zero-order valence-electron chi connectivity index (χ0n) is 12.9. The van der Waals surface area contributed by atoms with E-state index >= 15 is 0 Å². The first-order chi connectivity index (χ1) is 9.85. The highest BCUT2D eigenvalue weighted by molar-refractivity contribution is 7.18. The number of rotatable bonds is 5. The van der Waals surface area contributed by atoms with Crippen LogP contribution in [0.25, 0.3) is 10.2 Å². The number of thiophene rings is 1. The number of nitrogens with two attached hydrogens (primary N) is 1. The fourth-order valence-electron chi connectivity index (χ4n) is 2.23. The molecule has 5 N–H and O–H groups in total. The molecule has 1 unspecified atom stereocenters. The van der Waals surface area contributed by atoms with Gasteiger partial charge in [0.25, 0.3) is 0 Å². The minimum absolute atomic E-state index is 0.00137. The zero-order chi connectivity index (χ0) is 15.6. The first-order valence-corrected chi connectivity index (χ1v) is 7.79. The fourth-order valence-corrected chi connectivity index (χ4v) is 3.11. The molecule has 0 saturated carbocycles. The predicted molar refractivity (Wildman–Crippen MR) is 88.5 cm³/mol. The molecule has 21 heavy (non-hydrogen) atoms. The van der Waals surface area contributed by atoms with Crippen LogP contribution in [-0.2, 0) is 0 Å². The molecular weight excluding hydrogens is 286 g/mol. The summed E-state index contributed by atoms with van der Waals surface area (Å²) in [6.07, 6.45) is 0.656. The van der Waals surface area contributed by atoms with Gasteiger partial charge < -0.3 is 10.4 Å². The molecule has 0 saturated heterocycles. The summed E-state index contributed by atoms with van der Waals surface area (Å²) in [5.41, 5.74) is 2.51. The lowest BCUT2D eigenvalue weighted by atomic mass is 9.85. The molecular formula is C14H23N5OS. The smallest absolute Gasteiger partial charge is 0.240 e. The van der Waals surface area contributed by atoms with Crippen LogP contribution in [0.3, 0.4) is 0 Å². The molecule has 0 aliphatic carbocycles. The molecule has 0 amide bonds. The van der Waals surface area contributed by atoms with E-state index in [2.05, 4.69) is 47.5 Å². The van der Waals surface area contributed by atoms with Crippen LogP contribution in [0.2, 0.25) is 0 Å². The number of aliphatic hydroxyl groups is 1. The fraction of sp³-hybridized carbons (Fsp3) is 0.571. The maximum absolute atomic E-state index is 9.29. The number of aryl methyl sites for hydroxylation is 1. The summed E-state index contributed by atoms with van der Waals surface area (Å²) >= 11 is 1.61. The number of nitrogen functional groups attached to an aromatic ring is 1. The summed E-state index contributed by atoms with van der Waals surface area (Å²) < 4.78 is 0. The molecule has 0 aliphatic rings. The molecule has 0 bridgehead atoms. The Balaban J connectivity index is 2.43. The van der Waals surface area contributed by atoms with E-state index in [1.165, 1.54) is 4.88 Å². The third-order valence-electron chi connectivity index (χ3n) is 3.42. The van der Waals surface area contributed by atoms with Crippen LogP contribution in [0.4, 0.5) is 11.8 Å². The van der Waals surface area contributed by atoms with Crippen molar-refractivity contribution in [1.29, 1.82) is 0 Å². The Morgan fingerprint density at radius 1 is 1.38 bits per heavy atom. The number of fused-ring (bicyclic) bond motifs is 1. The molecule has 0 aliphatic heterocycles. The molecule has 2 rings (SSSR count). The number of hydrazine groups is 1. The quantitative estimate of drug-likeness (QED) is 0.500. The maximum Gasteiger partial charge on any atom is 0.240 e. The van der Waals surface area contributed by atoms with Gasteiger partial charge in [-0.3, -0.25) is 5.43 Å². The van der Waals surface area contributed by atoms with Gasteiger partial charge in [-0.2, -0.15) is 4.98 Å². The summed E-state index contributed by atoms with van der Waals surface area (Å²) in [6.45, 7) is 8.59. The van der Waals surface area contributed by atoms with E-state index in [-0.39, 0.29) is 18.1 Å². The van der Waals surface area contributed by atoms with Gasteiger partial charge >= 0.3 is 0 Å². The van der Waals surface area contributed by atoms with Gasteiger partial charge in [0.15, 0.2) is 0 Å². The van der Waals surface area contributed by atoms with Crippen LogP contribution in [0.1, 0.15) is 32.1 Å². The van der Waals surface area contributed by atoms with Crippen molar-refractivity contribution in [3.05, 3.63) is 10.9 Å². The van der Waals surface area contributed by atoms with Crippen LogP contribution >= 0.6 is 11.3 Å². The molecule has 0 radical (unpaired) electrons. The minimum atomic E-state index is 0.00137. The summed E-state index contributed by atoms with van der Waals surface area (Å²) in [5.74, 6) is 6.60. The third-order valence-corrected chi connectivity index (χ3v) is 4.36. The van der Waals surface area contributed by atoms with Gasteiger partial charge in [0.1, 0.15) is 10.6 Å². The Labute approximate surface area is 128 Å². The predicted octanol–water partition coefficient (Wildman–Crippen LogP) is 2.49. The van der Waals surface area contributed by atoms with Crippen molar-refractivity contribution in [3.63, 3.8) is 0 Å². The second kappa shape index (κ2) is 6.13. The first-order valence-electron chi connectivity index (χ1n) is 6.97. The lowest BCUT2D eigenvalue weighted by molar-refractivity contribution is 0.235. The lowest BCUT2D eigenvalue weighted by Gasteiger charge is -2.31. The van der Waals surface area contributed by atoms with Crippen molar-refractivity contribution in [3.8, 4) is 0 Å². The molecule has 1 atom stereocenters. The van der Waals surface area contributed by atoms with E-state index in [0.717, 1.165) is 16.0 Å². The lowest BCUT2D eigenvalue weighted by Crippen LogP contribution is -2.35. The van der Waals surface area contributed by atoms with E-state index in [9.17, 15) is 5.11 Å². The van der Waals surface area contributed by atoms with Gasteiger partial charge in [-0.05, 0) is 24.8 Å². The van der Waals surface area contributed by atoms with Gasteiger partial charge in [-0.15, -0.1) is 11.3 Å². The average Bonchev–Trinajstić information content (AvgIpc) is 2.77. The second-order valence-corrected chi connectivity index (χ2v) is 7.43. The number of aromatic nitrogens is 2. The first kappa shape index (κ1) is 15.9. The summed E-state index contributed by atoms with van der Waals surface area (Å²) in [5, 5.41) is 13.7. The molecule has 0 spiro atoms. The Hall–Kier alpha value is -1.44. The Morgan fingerprint density at radius 3 is 2.67 bits per heavy atom. The highest BCUT2D eigenvalue weighted by Crippen LogP contribution is 2.32. The van der Waals surface area contributed by atoms with Crippen molar-refractivity contribution in [2.75, 3.05) is 17.3 Å². The van der Waals surface area contributed by atoms with Gasteiger partial charge in [-0.1, -0.05) is 20.8 Å². The molecule has 6 nitrogen and oxygen atoms in total. The highest BCUT2D eigenvalue weighted by Gasteiger charge is 2.25. The number of nitrogens with one attached hydrogen (secondary N) is 2. The van der Waals surface area contributed by atoms with Gasteiger partial charge in [0, 0.05) is 17.5 Å². The summed E-state index contributed by atoms with van der Waals surface area (Å²) in [4.78, 5) is 10.9. The van der Waals surface area contributed by atoms with E-state index in [1.54, 1.807) is 11.3 Å². The van der Waals surface area contributed by atoms with Crippen molar-refractivity contribution in [1.82, 2.24) is 9.97 Å². The molecule has 116 valence electrons. The molecule has 7 heteroatoms. The Morgan fingerprint density at radius 2 is 2.10 bits per heavy atom. The number of anilines is 2. The van der Waals surface area contributed by atoms with Crippen LogP contribution < -0.4 is 16.6 Å². The number of nitrogens with zero attached hydrogens (tertiary/aromatic N) is 2. The normalized spacial score (nSPS) is 13.4. The van der Waals surface area contributed by atoms with Crippen LogP contribution in [-0.4, -0.2) is 27.7 Å². The van der Waals surface area contributed by atoms with Crippen molar-refractivity contribution in [2.24, 2.45) is 11.3 Å². The Kier molecular flexibility index (Phi) is 4.65. The van der Waals surface area contributed by atoms with E-state index in [4.69, 9.17) is 5.84 Å². The molecule has 0 fully saturated rings. The highest BCUT2D eigenvalue weighted by atomic mass is 32.1. The standard InChI is InChI=1S/C14H23N5OS/c1-8-7-9-11(16-10(5-6-20)14(2,3)4)17-13(19-15)18-12(9)21-8/h7,10,20H,5-6,15H2,1-4H3,(H2,16,17,18,19). The van der Waals surface area contributed by atoms with Crippen LogP contribution in [0.15, 0.2) is 6.07 Å². The third kappa shape index (κ3) is 3.61. The van der Waals surface area contributed by atoms with E-state index in [0.29, 0.717) is 12.4 Å². The van der Waals surface area contributed by atoms with Gasteiger partial charge in [-0.25, -0.2) is 10.8 Å². The minimum Gasteiger partial charge on any atom is -0.396 e. The SMILES string of the molecule is Cc1cc2c(NC(CCO)C(C)(C)C)nc(NN)nc2s1. The Bertz CT molecular complexity index is 620. The van der Waals surface area contributed by atoms with Gasteiger partial charge in [0.2, 0.25) is 5.95 Å². The van der Waals surface area contributed by atoms with Crippen LogP contribution in [0, 0.1) is 12.3 Å². The molecule has 2 aromatic heterocycles. The second-order valence-electron chi connectivity index (χ2n) is 6.19. The van der Waals surface area contributed by atoms with Crippen molar-refractivity contribution in [2.45, 2.75) is 40.2 Å². The van der Waals surface area contributed by atoms with Crippen molar-refractivity contribution >= 4 is 33.3 Å². The molecule has 0 aromatic carbocycles. The zero-order valence-corrected chi connectivity index (χ0v) is 13.7. The molecule has 2 heterocycles. The average molecular weight is 309 g/mol. The topological polar surface area (TPSA) is 96.1 Å². The van der Waals surface area contributed by atoms with E-state index in [1.807, 2.05) is 6.92 Å². The van der Waals surface area contributed by atoms with E-state index < -0.39 is 0 Å². The number of hydrogen-bond donors (Lipinski definition) is 4. The number of aliphatic hydroxyl groups excluding tert-OH is 1. The largest absolute Gasteiger partial charge is 0.396 e. The maximum atomic E-state index is 9.29.